The number of carbonyl (C=O) groups is 1. The molecule has 1 aromatic heterocycles. The predicted molar refractivity (Wildman–Crippen MR) is 99.1 cm³/mol. The Hall–Kier alpha value is -3.46. The van der Waals surface area contributed by atoms with Crippen LogP contribution in [0, 0.1) is 0 Å². The van der Waals surface area contributed by atoms with Crippen LogP contribution >= 0.6 is 0 Å². The third-order valence-corrected chi connectivity index (χ3v) is 4.04. The minimum atomic E-state index is 0.318. The topological polar surface area (TPSA) is 39.2 Å². The first-order chi connectivity index (χ1) is 12.4. The number of hydrogen-bond donors (Lipinski definition) is 0. The predicted octanol–water partition coefficient (Wildman–Crippen LogP) is 5.51. The highest BCUT2D eigenvalue weighted by atomic mass is 16.5. The highest BCUT2D eigenvalue weighted by Crippen LogP contribution is 2.34. The fourth-order valence-electron chi connectivity index (χ4n) is 2.87. The van der Waals surface area contributed by atoms with E-state index in [1.165, 1.54) is 0 Å². The van der Waals surface area contributed by atoms with Crippen LogP contribution in [0.25, 0.3) is 22.0 Å². The third kappa shape index (κ3) is 2.88. The van der Waals surface area contributed by atoms with Crippen LogP contribution in [-0.2, 0) is 0 Å². The average molecular weight is 325 g/mol. The van der Waals surface area contributed by atoms with Crippen LogP contribution in [0.3, 0.4) is 0 Å². The number of ether oxygens (including phenoxy) is 1. The van der Waals surface area contributed by atoms with E-state index in [4.69, 9.17) is 4.74 Å². The Morgan fingerprint density at radius 2 is 1.32 bits per heavy atom. The number of carbonyl (C=O) groups excluding carboxylic acids is 1. The van der Waals surface area contributed by atoms with Gasteiger partial charge in [0.25, 0.3) is 0 Å². The molecule has 0 spiro atoms. The summed E-state index contributed by atoms with van der Waals surface area (Å²) < 4.78 is 5.93. The van der Waals surface area contributed by atoms with Crippen LogP contribution in [0.4, 0.5) is 0 Å². The normalized spacial score (nSPS) is 10.6. The van der Waals surface area contributed by atoms with Crippen molar-refractivity contribution >= 4 is 17.1 Å². The van der Waals surface area contributed by atoms with Crippen molar-refractivity contribution in [2.45, 2.75) is 0 Å². The number of aldehydes is 1. The molecule has 0 aliphatic carbocycles. The van der Waals surface area contributed by atoms with Crippen LogP contribution in [0.5, 0.6) is 11.6 Å². The van der Waals surface area contributed by atoms with E-state index in [1.54, 1.807) is 0 Å². The molecule has 0 unspecified atom stereocenters. The van der Waals surface area contributed by atoms with Gasteiger partial charge in [-0.15, -0.1) is 0 Å². The molecular weight excluding hydrogens is 310 g/mol. The fourth-order valence-corrected chi connectivity index (χ4v) is 2.87. The Labute approximate surface area is 145 Å². The van der Waals surface area contributed by atoms with E-state index in [9.17, 15) is 4.79 Å². The van der Waals surface area contributed by atoms with E-state index >= 15 is 0 Å². The molecule has 0 aliphatic rings. The van der Waals surface area contributed by atoms with E-state index in [-0.39, 0.29) is 0 Å². The lowest BCUT2D eigenvalue weighted by Crippen LogP contribution is -1.98. The summed E-state index contributed by atoms with van der Waals surface area (Å²) in [5, 5.41) is 1.76. The monoisotopic (exact) mass is 325 g/mol. The molecule has 0 atom stereocenters. The molecule has 4 rings (SSSR count). The minimum absolute atomic E-state index is 0.318. The Balaban J connectivity index is 1.97. The Bertz CT molecular complexity index is 1030. The number of nitrogens with zero attached hydrogens (tertiary/aromatic N) is 1. The van der Waals surface area contributed by atoms with Gasteiger partial charge in [0, 0.05) is 10.9 Å². The summed E-state index contributed by atoms with van der Waals surface area (Å²) in [6, 6.07) is 27.0. The van der Waals surface area contributed by atoms with Gasteiger partial charge in [0.15, 0.2) is 6.29 Å². The Morgan fingerprint density at radius 1 is 0.720 bits per heavy atom. The highest BCUT2D eigenvalue weighted by molar-refractivity contribution is 6.05. The number of para-hydroxylation sites is 1. The lowest BCUT2D eigenvalue weighted by Gasteiger charge is -2.13. The van der Waals surface area contributed by atoms with Crippen LogP contribution in [0.2, 0.25) is 0 Å². The number of hydrogen-bond acceptors (Lipinski definition) is 3. The molecule has 1 heterocycles. The van der Waals surface area contributed by atoms with E-state index in [0.717, 1.165) is 28.3 Å². The SMILES string of the molecule is O=Cc1c(Oc2ccccc2)nc(-c2ccccc2)c2ccccc12. The van der Waals surface area contributed by atoms with Gasteiger partial charge in [-0.05, 0) is 17.5 Å². The van der Waals surface area contributed by atoms with Gasteiger partial charge in [-0.1, -0.05) is 72.8 Å². The number of fused-ring (bicyclic) bond motifs is 1. The first-order valence-electron chi connectivity index (χ1n) is 8.03. The summed E-state index contributed by atoms with van der Waals surface area (Å²) in [6.07, 6.45) is 0.808. The van der Waals surface area contributed by atoms with Crippen LogP contribution in [0.15, 0.2) is 84.9 Å². The Morgan fingerprint density at radius 3 is 2.00 bits per heavy atom. The molecule has 3 aromatic carbocycles. The first-order valence-corrected chi connectivity index (χ1v) is 8.03. The second kappa shape index (κ2) is 6.57. The average Bonchev–Trinajstić information content (AvgIpc) is 2.69. The summed E-state index contributed by atoms with van der Waals surface area (Å²) in [5.41, 5.74) is 2.24. The molecule has 0 bridgehead atoms. The van der Waals surface area contributed by atoms with Crippen molar-refractivity contribution in [2.75, 3.05) is 0 Å². The van der Waals surface area contributed by atoms with Gasteiger partial charge < -0.3 is 4.74 Å². The highest BCUT2D eigenvalue weighted by Gasteiger charge is 2.16. The summed E-state index contributed by atoms with van der Waals surface area (Å²) in [4.78, 5) is 16.4. The van der Waals surface area contributed by atoms with Gasteiger partial charge in [0.2, 0.25) is 5.88 Å². The van der Waals surface area contributed by atoms with Crippen molar-refractivity contribution < 1.29 is 9.53 Å². The van der Waals surface area contributed by atoms with Crippen LogP contribution < -0.4 is 4.74 Å². The van der Waals surface area contributed by atoms with E-state index < -0.39 is 0 Å². The number of pyridine rings is 1. The molecule has 0 radical (unpaired) electrons. The van der Waals surface area contributed by atoms with Crippen molar-refractivity contribution in [1.29, 1.82) is 0 Å². The van der Waals surface area contributed by atoms with Crippen molar-refractivity contribution in [3.8, 4) is 22.9 Å². The molecule has 0 saturated carbocycles. The molecule has 4 aromatic rings. The number of rotatable bonds is 4. The zero-order valence-electron chi connectivity index (χ0n) is 13.4. The molecule has 3 nitrogen and oxygen atoms in total. The zero-order chi connectivity index (χ0) is 17.1. The molecule has 3 heteroatoms. The molecule has 0 aliphatic heterocycles. The third-order valence-electron chi connectivity index (χ3n) is 4.04. The standard InChI is InChI=1S/C22H15NO2/c24-15-20-18-13-7-8-14-19(18)21(16-9-3-1-4-10-16)23-22(20)25-17-11-5-2-6-12-17/h1-15H. The van der Waals surface area contributed by atoms with Gasteiger partial charge >= 0.3 is 0 Å². The van der Waals surface area contributed by atoms with Crippen molar-refractivity contribution in [3.63, 3.8) is 0 Å². The lowest BCUT2D eigenvalue weighted by molar-refractivity contribution is 0.112. The largest absolute Gasteiger partial charge is 0.438 e. The molecule has 0 fully saturated rings. The number of aromatic nitrogens is 1. The molecule has 0 N–H and O–H groups in total. The van der Waals surface area contributed by atoms with Crippen molar-refractivity contribution in [1.82, 2.24) is 4.98 Å². The van der Waals surface area contributed by atoms with E-state index in [2.05, 4.69) is 4.98 Å². The van der Waals surface area contributed by atoms with Gasteiger partial charge in [-0.2, -0.15) is 0 Å². The Kier molecular flexibility index (Phi) is 3.97. The van der Waals surface area contributed by atoms with Crippen LogP contribution in [0.1, 0.15) is 10.4 Å². The fraction of sp³-hybridized carbons (Fsp3) is 0. The quantitative estimate of drug-likeness (QED) is 0.465. The van der Waals surface area contributed by atoms with Gasteiger partial charge in [0.05, 0.1) is 11.3 Å². The molecule has 120 valence electrons. The molecule has 25 heavy (non-hydrogen) atoms. The maximum absolute atomic E-state index is 11.8. The maximum Gasteiger partial charge on any atom is 0.231 e. The summed E-state index contributed by atoms with van der Waals surface area (Å²) in [7, 11) is 0. The minimum Gasteiger partial charge on any atom is -0.438 e. The van der Waals surface area contributed by atoms with Gasteiger partial charge in [-0.25, -0.2) is 4.98 Å². The first kappa shape index (κ1) is 15.1. The van der Waals surface area contributed by atoms with Gasteiger partial charge in [-0.3, -0.25) is 4.79 Å². The van der Waals surface area contributed by atoms with E-state index in [0.29, 0.717) is 17.2 Å². The van der Waals surface area contributed by atoms with Gasteiger partial charge in [0.1, 0.15) is 5.75 Å². The number of benzene rings is 3. The summed E-state index contributed by atoms with van der Waals surface area (Å²) >= 11 is 0. The summed E-state index contributed by atoms with van der Waals surface area (Å²) in [5.74, 6) is 0.964. The molecule has 0 amide bonds. The summed E-state index contributed by atoms with van der Waals surface area (Å²) in [6.45, 7) is 0. The molecular formula is C22H15NO2. The second-order valence-electron chi connectivity index (χ2n) is 5.62. The smallest absolute Gasteiger partial charge is 0.231 e. The maximum atomic E-state index is 11.8. The lowest BCUT2D eigenvalue weighted by atomic mass is 10.0. The molecule has 0 saturated heterocycles. The van der Waals surface area contributed by atoms with Crippen LogP contribution in [-0.4, -0.2) is 11.3 Å². The van der Waals surface area contributed by atoms with Crippen molar-refractivity contribution in [2.24, 2.45) is 0 Å². The van der Waals surface area contributed by atoms with E-state index in [1.807, 2.05) is 84.9 Å². The second-order valence-corrected chi connectivity index (χ2v) is 5.62. The van der Waals surface area contributed by atoms with Crippen molar-refractivity contribution in [3.05, 3.63) is 90.5 Å². The zero-order valence-corrected chi connectivity index (χ0v) is 13.4.